The summed E-state index contributed by atoms with van der Waals surface area (Å²) in [7, 11) is 2.21. The van der Waals surface area contributed by atoms with Gasteiger partial charge in [0.2, 0.25) is 0 Å². The van der Waals surface area contributed by atoms with Crippen molar-refractivity contribution >= 4 is 0 Å². The van der Waals surface area contributed by atoms with Crippen LogP contribution >= 0.6 is 0 Å². The fraction of sp³-hybridized carbons (Fsp3) is 1.00. The van der Waals surface area contributed by atoms with Gasteiger partial charge in [-0.25, -0.2) is 0 Å². The normalized spacial score (nSPS) is 30.2. The number of hydrogen-bond donors (Lipinski definition) is 0. The van der Waals surface area contributed by atoms with Crippen molar-refractivity contribution in [3.05, 3.63) is 0 Å². The van der Waals surface area contributed by atoms with Gasteiger partial charge >= 0.3 is 0 Å². The third-order valence-corrected chi connectivity index (χ3v) is 5.18. The minimum Gasteiger partial charge on any atom is -0.371 e. The van der Waals surface area contributed by atoms with Crippen molar-refractivity contribution in [2.75, 3.05) is 39.8 Å². The molecule has 0 aromatic rings. The van der Waals surface area contributed by atoms with E-state index in [1.54, 1.807) is 0 Å². The molecule has 0 radical (unpaired) electrons. The number of fused-ring (bicyclic) bond motifs is 1. The number of hydrogen-bond acceptors (Lipinski definition) is 3. The molecule has 0 aromatic heterocycles. The van der Waals surface area contributed by atoms with Crippen LogP contribution in [0.2, 0.25) is 0 Å². The van der Waals surface area contributed by atoms with Gasteiger partial charge in [0, 0.05) is 32.2 Å². The molecule has 1 atom stereocenters. The minimum atomic E-state index is -0.0631. The molecule has 3 nitrogen and oxygen atoms in total. The van der Waals surface area contributed by atoms with Gasteiger partial charge in [-0.2, -0.15) is 0 Å². The van der Waals surface area contributed by atoms with E-state index in [1.165, 1.54) is 13.1 Å². The van der Waals surface area contributed by atoms with E-state index in [4.69, 9.17) is 4.74 Å². The Morgan fingerprint density at radius 2 is 1.58 bits per heavy atom. The summed E-state index contributed by atoms with van der Waals surface area (Å²) in [6.07, 6.45) is 0. The van der Waals surface area contributed by atoms with Crippen LogP contribution < -0.4 is 0 Å². The first-order valence-corrected chi connectivity index (χ1v) is 7.63. The van der Waals surface area contributed by atoms with E-state index >= 15 is 0 Å². The second-order valence-electron chi connectivity index (χ2n) is 8.52. The molecule has 0 aliphatic carbocycles. The Morgan fingerprint density at radius 3 is 2.11 bits per heavy atom. The van der Waals surface area contributed by atoms with E-state index in [0.717, 1.165) is 19.7 Å². The lowest BCUT2D eigenvalue weighted by Gasteiger charge is -2.60. The van der Waals surface area contributed by atoms with Crippen LogP contribution in [0, 0.1) is 10.8 Å². The van der Waals surface area contributed by atoms with Crippen molar-refractivity contribution < 1.29 is 4.74 Å². The third-order valence-electron chi connectivity index (χ3n) is 5.18. The summed E-state index contributed by atoms with van der Waals surface area (Å²) in [6, 6.07) is 0.580. The van der Waals surface area contributed by atoms with Crippen LogP contribution in [0.15, 0.2) is 0 Å². The van der Waals surface area contributed by atoms with E-state index in [9.17, 15) is 0 Å². The second kappa shape index (κ2) is 4.71. The van der Waals surface area contributed by atoms with E-state index in [1.807, 2.05) is 0 Å². The monoisotopic (exact) mass is 268 g/mol. The molecule has 1 unspecified atom stereocenters. The molecule has 0 amide bonds. The molecule has 2 aliphatic heterocycles. The molecule has 0 N–H and O–H groups in total. The number of piperazine rings is 1. The molecule has 2 aliphatic rings. The molecule has 19 heavy (non-hydrogen) atoms. The fourth-order valence-electron chi connectivity index (χ4n) is 4.02. The maximum Gasteiger partial charge on any atom is 0.0905 e. The molecule has 2 saturated heterocycles. The summed E-state index contributed by atoms with van der Waals surface area (Å²) in [5.41, 5.74) is 0.242. The van der Waals surface area contributed by atoms with Crippen LogP contribution in [0.3, 0.4) is 0 Å². The number of ether oxygens (including phenoxy) is 1. The third kappa shape index (κ3) is 2.57. The van der Waals surface area contributed by atoms with Crippen molar-refractivity contribution in [3.63, 3.8) is 0 Å². The lowest BCUT2D eigenvalue weighted by atomic mass is 9.61. The van der Waals surface area contributed by atoms with Gasteiger partial charge in [0.15, 0.2) is 0 Å². The quantitative estimate of drug-likeness (QED) is 0.671. The van der Waals surface area contributed by atoms with Crippen LogP contribution in [-0.2, 0) is 4.74 Å². The van der Waals surface area contributed by atoms with Gasteiger partial charge in [0.25, 0.3) is 0 Å². The Labute approximate surface area is 119 Å². The predicted octanol–water partition coefficient (Wildman–Crippen LogP) is 2.46. The average molecular weight is 268 g/mol. The first kappa shape index (κ1) is 15.3. The number of likely N-dealkylation sites (N-methyl/N-ethyl adjacent to an activating group) is 1. The van der Waals surface area contributed by atoms with E-state index in [-0.39, 0.29) is 16.4 Å². The highest BCUT2D eigenvalue weighted by atomic mass is 16.5. The summed E-state index contributed by atoms with van der Waals surface area (Å²) in [5, 5.41) is 0. The van der Waals surface area contributed by atoms with E-state index in [0.29, 0.717) is 6.04 Å². The zero-order chi connectivity index (χ0) is 14.5. The van der Waals surface area contributed by atoms with Crippen molar-refractivity contribution in [3.8, 4) is 0 Å². The molecule has 2 heterocycles. The summed E-state index contributed by atoms with van der Waals surface area (Å²) in [4.78, 5) is 5.09. The van der Waals surface area contributed by atoms with Gasteiger partial charge in [-0.15, -0.1) is 0 Å². The maximum absolute atomic E-state index is 6.54. The summed E-state index contributed by atoms with van der Waals surface area (Å²) < 4.78 is 6.54. The lowest BCUT2D eigenvalue weighted by molar-refractivity contribution is -0.238. The smallest absolute Gasteiger partial charge is 0.0905 e. The van der Waals surface area contributed by atoms with Crippen molar-refractivity contribution in [2.45, 2.75) is 53.2 Å². The van der Waals surface area contributed by atoms with Crippen LogP contribution in [-0.4, -0.2) is 61.3 Å². The lowest BCUT2D eigenvalue weighted by Crippen LogP contribution is -2.70. The molecule has 0 spiro atoms. The van der Waals surface area contributed by atoms with Gasteiger partial charge in [0.05, 0.1) is 12.2 Å². The predicted molar refractivity (Wildman–Crippen MR) is 80.5 cm³/mol. The van der Waals surface area contributed by atoms with Crippen molar-refractivity contribution in [1.29, 1.82) is 0 Å². The minimum absolute atomic E-state index is 0.0631. The van der Waals surface area contributed by atoms with Gasteiger partial charge in [-0.1, -0.05) is 41.5 Å². The largest absolute Gasteiger partial charge is 0.371 e. The van der Waals surface area contributed by atoms with Gasteiger partial charge in [0.1, 0.15) is 0 Å². The highest BCUT2D eigenvalue weighted by Crippen LogP contribution is 2.49. The van der Waals surface area contributed by atoms with Crippen LogP contribution in [0.25, 0.3) is 0 Å². The molecule has 2 rings (SSSR count). The first-order chi connectivity index (χ1) is 8.57. The molecule has 0 bridgehead atoms. The highest BCUT2D eigenvalue weighted by molar-refractivity contribution is 5.06. The zero-order valence-electron chi connectivity index (χ0n) is 13.9. The Bertz CT molecular complexity index is 313. The number of morpholine rings is 1. The highest BCUT2D eigenvalue weighted by Gasteiger charge is 2.55. The summed E-state index contributed by atoms with van der Waals surface area (Å²) in [5.74, 6) is 0. The fourth-order valence-corrected chi connectivity index (χ4v) is 4.02. The van der Waals surface area contributed by atoms with Crippen molar-refractivity contribution in [2.24, 2.45) is 10.8 Å². The molecule has 0 aromatic carbocycles. The van der Waals surface area contributed by atoms with Gasteiger partial charge in [-0.3, -0.25) is 4.90 Å². The Kier molecular flexibility index (Phi) is 3.79. The number of rotatable bonds is 0. The van der Waals surface area contributed by atoms with Crippen LogP contribution in [0.5, 0.6) is 0 Å². The zero-order valence-corrected chi connectivity index (χ0v) is 13.9. The molecular formula is C16H32N2O. The molecule has 112 valence electrons. The number of nitrogens with zero attached hydrogens (tertiary/aromatic N) is 2. The Balaban J connectivity index is 2.25. The SMILES string of the molecule is CN1CCN2CC(C(C)(C)C)(C(C)(C)C)OCC2C1. The molecule has 2 fully saturated rings. The molecular weight excluding hydrogens is 236 g/mol. The Morgan fingerprint density at radius 1 is 1.00 bits per heavy atom. The molecule has 3 heteroatoms. The van der Waals surface area contributed by atoms with Gasteiger partial charge in [-0.05, 0) is 17.9 Å². The average Bonchev–Trinajstić information content (AvgIpc) is 2.25. The maximum atomic E-state index is 6.54. The standard InChI is InChI=1S/C16H32N2O/c1-14(2,3)16(15(4,5)6)12-18-9-8-17(7)10-13(18)11-19-16/h13H,8-12H2,1-7H3. The molecule has 0 saturated carbocycles. The van der Waals surface area contributed by atoms with Crippen LogP contribution in [0.1, 0.15) is 41.5 Å². The first-order valence-electron chi connectivity index (χ1n) is 7.63. The second-order valence-corrected chi connectivity index (χ2v) is 8.52. The van der Waals surface area contributed by atoms with E-state index < -0.39 is 0 Å². The topological polar surface area (TPSA) is 15.7 Å². The summed E-state index contributed by atoms with van der Waals surface area (Å²) in [6.45, 7) is 19.4. The van der Waals surface area contributed by atoms with E-state index in [2.05, 4.69) is 58.4 Å². The van der Waals surface area contributed by atoms with Crippen LogP contribution in [0.4, 0.5) is 0 Å². The van der Waals surface area contributed by atoms with Gasteiger partial charge < -0.3 is 9.64 Å². The van der Waals surface area contributed by atoms with Crippen molar-refractivity contribution in [1.82, 2.24) is 9.80 Å². The summed E-state index contributed by atoms with van der Waals surface area (Å²) >= 11 is 0. The Hall–Kier alpha value is -0.120.